The highest BCUT2D eigenvalue weighted by Crippen LogP contribution is 2.29. The summed E-state index contributed by atoms with van der Waals surface area (Å²) in [5.41, 5.74) is 0.652. The van der Waals surface area contributed by atoms with Crippen molar-refractivity contribution >= 4 is 17.7 Å². The molecule has 1 amide bonds. The number of thioether (sulfide) groups is 1. The van der Waals surface area contributed by atoms with Crippen LogP contribution in [0.3, 0.4) is 0 Å². The van der Waals surface area contributed by atoms with Crippen molar-refractivity contribution in [1.29, 1.82) is 0 Å². The summed E-state index contributed by atoms with van der Waals surface area (Å²) >= 11 is 1.94. The fourth-order valence-electron chi connectivity index (χ4n) is 2.77. The summed E-state index contributed by atoms with van der Waals surface area (Å²) < 4.78 is 5.78. The predicted molar refractivity (Wildman–Crippen MR) is 101 cm³/mol. The van der Waals surface area contributed by atoms with Gasteiger partial charge in [-0.15, -0.1) is 0 Å². The standard InChI is InChI=1S/C19H30N2O2S/c1-14(2)23-17-10-9-15(12-20-17)18(22)21-11-7-6-8-16(21)13-24-19(3,4)5/h9-10,12,14,16H,6-8,11,13H2,1-5H3/t16-/m0/s1. The van der Waals surface area contributed by atoms with Crippen LogP contribution in [0.4, 0.5) is 0 Å². The van der Waals surface area contributed by atoms with E-state index in [2.05, 4.69) is 25.8 Å². The second kappa shape index (κ2) is 8.24. The van der Waals surface area contributed by atoms with Gasteiger partial charge < -0.3 is 9.64 Å². The molecular weight excluding hydrogens is 320 g/mol. The van der Waals surface area contributed by atoms with Gasteiger partial charge in [0, 0.05) is 35.3 Å². The van der Waals surface area contributed by atoms with E-state index in [0.29, 0.717) is 17.5 Å². The van der Waals surface area contributed by atoms with Gasteiger partial charge in [-0.1, -0.05) is 20.8 Å². The number of hydrogen-bond donors (Lipinski definition) is 0. The number of ether oxygens (including phenoxy) is 1. The van der Waals surface area contributed by atoms with E-state index < -0.39 is 0 Å². The molecule has 1 aliphatic heterocycles. The number of amides is 1. The Morgan fingerprint density at radius 1 is 1.38 bits per heavy atom. The number of nitrogens with zero attached hydrogens (tertiary/aromatic N) is 2. The average Bonchev–Trinajstić information content (AvgIpc) is 2.52. The molecule has 0 spiro atoms. The molecule has 0 saturated carbocycles. The molecule has 0 radical (unpaired) electrons. The van der Waals surface area contributed by atoms with Gasteiger partial charge in [0.25, 0.3) is 5.91 Å². The van der Waals surface area contributed by atoms with Gasteiger partial charge in [0.15, 0.2) is 0 Å². The lowest BCUT2D eigenvalue weighted by atomic mass is 10.0. The zero-order valence-electron chi connectivity index (χ0n) is 15.5. The summed E-state index contributed by atoms with van der Waals surface area (Å²) in [4.78, 5) is 19.2. The highest BCUT2D eigenvalue weighted by atomic mass is 32.2. The van der Waals surface area contributed by atoms with Crippen LogP contribution in [-0.2, 0) is 0 Å². The summed E-state index contributed by atoms with van der Waals surface area (Å²) in [5, 5.41) is 0. The van der Waals surface area contributed by atoms with Crippen molar-refractivity contribution in [3.8, 4) is 5.88 Å². The van der Waals surface area contributed by atoms with Crippen LogP contribution in [0.1, 0.15) is 64.2 Å². The van der Waals surface area contributed by atoms with Crippen molar-refractivity contribution < 1.29 is 9.53 Å². The van der Waals surface area contributed by atoms with Crippen molar-refractivity contribution in [3.05, 3.63) is 23.9 Å². The highest BCUT2D eigenvalue weighted by molar-refractivity contribution is 8.00. The second-order valence-electron chi connectivity index (χ2n) is 7.62. The van der Waals surface area contributed by atoms with E-state index in [0.717, 1.165) is 25.1 Å². The van der Waals surface area contributed by atoms with Gasteiger partial charge in [-0.25, -0.2) is 4.98 Å². The summed E-state index contributed by atoms with van der Waals surface area (Å²) in [6, 6.07) is 3.94. The van der Waals surface area contributed by atoms with E-state index in [1.165, 1.54) is 6.42 Å². The van der Waals surface area contributed by atoms with Crippen LogP contribution in [-0.4, -0.2) is 45.0 Å². The Kier molecular flexibility index (Phi) is 6.55. The summed E-state index contributed by atoms with van der Waals surface area (Å²) in [6.07, 6.45) is 5.11. The minimum absolute atomic E-state index is 0.0833. The maximum Gasteiger partial charge on any atom is 0.255 e. The van der Waals surface area contributed by atoms with E-state index in [-0.39, 0.29) is 16.8 Å². The number of carbonyl (C=O) groups is 1. The van der Waals surface area contributed by atoms with Crippen LogP contribution in [0.25, 0.3) is 0 Å². The maximum absolute atomic E-state index is 12.9. The van der Waals surface area contributed by atoms with E-state index in [1.54, 1.807) is 12.3 Å². The summed E-state index contributed by atoms with van der Waals surface area (Å²) in [7, 11) is 0. The molecule has 0 aromatic carbocycles. The van der Waals surface area contributed by atoms with Gasteiger partial charge in [-0.05, 0) is 39.2 Å². The molecule has 1 aromatic rings. The first-order valence-corrected chi connectivity index (χ1v) is 9.82. The first-order valence-electron chi connectivity index (χ1n) is 8.84. The Morgan fingerprint density at radius 3 is 2.71 bits per heavy atom. The first-order chi connectivity index (χ1) is 11.3. The smallest absolute Gasteiger partial charge is 0.255 e. The number of pyridine rings is 1. The summed E-state index contributed by atoms with van der Waals surface area (Å²) in [6.45, 7) is 11.5. The number of aromatic nitrogens is 1. The third-order valence-electron chi connectivity index (χ3n) is 3.94. The van der Waals surface area contributed by atoms with Crippen molar-refractivity contribution in [2.45, 2.75) is 70.8 Å². The molecule has 0 bridgehead atoms. The minimum Gasteiger partial charge on any atom is -0.475 e. The van der Waals surface area contributed by atoms with E-state index in [1.807, 2.05) is 36.6 Å². The van der Waals surface area contributed by atoms with Gasteiger partial charge >= 0.3 is 0 Å². The Balaban J connectivity index is 2.05. The monoisotopic (exact) mass is 350 g/mol. The number of carbonyl (C=O) groups excluding carboxylic acids is 1. The first kappa shape index (κ1) is 19.1. The number of likely N-dealkylation sites (tertiary alicyclic amines) is 1. The molecule has 1 saturated heterocycles. The molecule has 1 aromatic heterocycles. The minimum atomic E-state index is 0.0833. The Morgan fingerprint density at radius 2 is 2.12 bits per heavy atom. The molecule has 1 fully saturated rings. The fourth-order valence-corrected chi connectivity index (χ4v) is 3.81. The van der Waals surface area contributed by atoms with E-state index >= 15 is 0 Å². The van der Waals surface area contributed by atoms with Crippen molar-refractivity contribution in [1.82, 2.24) is 9.88 Å². The lowest BCUT2D eigenvalue weighted by molar-refractivity contribution is 0.0640. The van der Waals surface area contributed by atoms with Crippen LogP contribution in [0.2, 0.25) is 0 Å². The quantitative estimate of drug-likeness (QED) is 0.789. The topological polar surface area (TPSA) is 42.4 Å². The van der Waals surface area contributed by atoms with Gasteiger partial charge in [-0.2, -0.15) is 11.8 Å². The molecule has 4 nitrogen and oxygen atoms in total. The summed E-state index contributed by atoms with van der Waals surface area (Å²) in [5.74, 6) is 1.66. The van der Waals surface area contributed by atoms with E-state index in [9.17, 15) is 4.79 Å². The number of piperidine rings is 1. The Bertz CT molecular complexity index is 537. The Hall–Kier alpha value is -1.23. The number of rotatable bonds is 5. The van der Waals surface area contributed by atoms with Crippen LogP contribution in [0, 0.1) is 0 Å². The molecule has 0 unspecified atom stereocenters. The number of hydrogen-bond acceptors (Lipinski definition) is 4. The van der Waals surface area contributed by atoms with Crippen LogP contribution >= 0.6 is 11.8 Å². The molecule has 0 N–H and O–H groups in total. The van der Waals surface area contributed by atoms with E-state index in [4.69, 9.17) is 4.74 Å². The normalized spacial score (nSPS) is 18.8. The second-order valence-corrected chi connectivity index (χ2v) is 9.47. The maximum atomic E-state index is 12.9. The third kappa shape index (κ3) is 5.69. The zero-order valence-corrected chi connectivity index (χ0v) is 16.4. The lowest BCUT2D eigenvalue weighted by Gasteiger charge is -2.37. The fraction of sp³-hybridized carbons (Fsp3) is 0.684. The highest BCUT2D eigenvalue weighted by Gasteiger charge is 2.29. The largest absolute Gasteiger partial charge is 0.475 e. The van der Waals surface area contributed by atoms with Gasteiger partial charge in [0.05, 0.1) is 11.7 Å². The Labute approximate surface area is 150 Å². The van der Waals surface area contributed by atoms with Gasteiger partial charge in [-0.3, -0.25) is 4.79 Å². The van der Waals surface area contributed by atoms with Gasteiger partial charge in [0.2, 0.25) is 5.88 Å². The molecular formula is C19H30N2O2S. The van der Waals surface area contributed by atoms with Gasteiger partial charge in [0.1, 0.15) is 0 Å². The molecule has 24 heavy (non-hydrogen) atoms. The van der Waals surface area contributed by atoms with Crippen molar-refractivity contribution in [2.24, 2.45) is 0 Å². The van der Waals surface area contributed by atoms with Crippen molar-refractivity contribution in [2.75, 3.05) is 12.3 Å². The van der Waals surface area contributed by atoms with Crippen LogP contribution in [0.15, 0.2) is 18.3 Å². The van der Waals surface area contributed by atoms with Crippen LogP contribution < -0.4 is 4.74 Å². The lowest BCUT2D eigenvalue weighted by Crippen LogP contribution is -2.45. The molecule has 1 atom stereocenters. The zero-order chi connectivity index (χ0) is 17.7. The molecule has 1 aliphatic rings. The molecule has 5 heteroatoms. The van der Waals surface area contributed by atoms with Crippen LogP contribution in [0.5, 0.6) is 5.88 Å². The average molecular weight is 351 g/mol. The van der Waals surface area contributed by atoms with Crippen molar-refractivity contribution in [3.63, 3.8) is 0 Å². The molecule has 2 heterocycles. The molecule has 134 valence electrons. The molecule has 0 aliphatic carbocycles. The molecule has 2 rings (SSSR count). The predicted octanol–water partition coefficient (Wildman–Crippen LogP) is 4.40. The SMILES string of the molecule is CC(C)Oc1ccc(C(=O)N2CCCC[C@H]2CSC(C)(C)C)cn1. The third-order valence-corrected chi connectivity index (χ3v) is 5.35.